The lowest BCUT2D eigenvalue weighted by Gasteiger charge is -2.06. The number of amides is 1. The number of carbonyl (C=O) groups is 1. The van der Waals surface area contributed by atoms with E-state index >= 15 is 0 Å². The lowest BCUT2D eigenvalue weighted by molar-refractivity contribution is -0.116. The van der Waals surface area contributed by atoms with Gasteiger partial charge in [0, 0.05) is 17.7 Å². The number of anilines is 1. The van der Waals surface area contributed by atoms with Crippen molar-refractivity contribution in [2.75, 3.05) is 18.4 Å². The molecule has 2 heterocycles. The van der Waals surface area contributed by atoms with Crippen LogP contribution in [-0.2, 0) is 4.79 Å². The van der Waals surface area contributed by atoms with Crippen molar-refractivity contribution in [3.8, 4) is 0 Å². The van der Waals surface area contributed by atoms with Gasteiger partial charge in [-0.1, -0.05) is 0 Å². The van der Waals surface area contributed by atoms with Crippen LogP contribution in [0.1, 0.15) is 37.3 Å². The van der Waals surface area contributed by atoms with Gasteiger partial charge < -0.3 is 10.6 Å². The molecule has 1 amide bonds. The Morgan fingerprint density at radius 3 is 3.12 bits per heavy atom. The average Bonchev–Trinajstić information content (AvgIpc) is 2.84. The molecule has 1 aromatic rings. The van der Waals surface area contributed by atoms with Gasteiger partial charge in [-0.25, -0.2) is 4.98 Å². The topological polar surface area (TPSA) is 54.0 Å². The summed E-state index contributed by atoms with van der Waals surface area (Å²) in [5, 5.41) is 9.03. The van der Waals surface area contributed by atoms with E-state index in [4.69, 9.17) is 0 Å². The fraction of sp³-hybridized carbons (Fsp3) is 0.667. The fourth-order valence-corrected chi connectivity index (χ4v) is 3.04. The number of hydrogen-bond donors (Lipinski definition) is 2. The number of rotatable bonds is 4. The van der Waals surface area contributed by atoms with Crippen molar-refractivity contribution in [2.24, 2.45) is 5.92 Å². The molecule has 1 aliphatic carbocycles. The second-order valence-corrected chi connectivity index (χ2v) is 5.82. The summed E-state index contributed by atoms with van der Waals surface area (Å²) < 4.78 is 0. The molecule has 2 aliphatic rings. The molecule has 0 spiro atoms. The molecule has 92 valence electrons. The van der Waals surface area contributed by atoms with E-state index in [-0.39, 0.29) is 5.91 Å². The van der Waals surface area contributed by atoms with E-state index in [0.717, 1.165) is 30.3 Å². The molecule has 1 saturated heterocycles. The van der Waals surface area contributed by atoms with Gasteiger partial charge in [-0.15, -0.1) is 11.3 Å². The van der Waals surface area contributed by atoms with E-state index in [1.165, 1.54) is 12.8 Å². The standard InChI is InChI=1S/C12H17N3OS/c16-11(5-8-3-4-13-6-8)15-12-14-10(7-17-12)9-1-2-9/h7-9,13H,1-6H2,(H,14,15,16). The van der Waals surface area contributed by atoms with Crippen molar-refractivity contribution >= 4 is 22.4 Å². The smallest absolute Gasteiger partial charge is 0.226 e. The van der Waals surface area contributed by atoms with E-state index in [2.05, 4.69) is 21.0 Å². The zero-order chi connectivity index (χ0) is 11.7. The van der Waals surface area contributed by atoms with Gasteiger partial charge in [0.05, 0.1) is 5.69 Å². The molecule has 1 atom stereocenters. The SMILES string of the molecule is O=C(CC1CCNC1)Nc1nc(C2CC2)cs1. The largest absolute Gasteiger partial charge is 0.316 e. The van der Waals surface area contributed by atoms with Crippen molar-refractivity contribution in [3.63, 3.8) is 0 Å². The van der Waals surface area contributed by atoms with E-state index in [1.54, 1.807) is 11.3 Å². The van der Waals surface area contributed by atoms with Crippen molar-refractivity contribution < 1.29 is 4.79 Å². The highest BCUT2D eigenvalue weighted by atomic mass is 32.1. The summed E-state index contributed by atoms with van der Waals surface area (Å²) in [4.78, 5) is 16.2. The van der Waals surface area contributed by atoms with Crippen molar-refractivity contribution in [3.05, 3.63) is 11.1 Å². The van der Waals surface area contributed by atoms with Gasteiger partial charge in [0.2, 0.25) is 5.91 Å². The van der Waals surface area contributed by atoms with Gasteiger partial charge in [0.1, 0.15) is 0 Å². The molecule has 1 aliphatic heterocycles. The zero-order valence-electron chi connectivity index (χ0n) is 9.74. The first kappa shape index (κ1) is 11.2. The van der Waals surface area contributed by atoms with E-state index in [0.29, 0.717) is 18.3 Å². The van der Waals surface area contributed by atoms with Crippen molar-refractivity contribution in [2.45, 2.75) is 31.6 Å². The maximum absolute atomic E-state index is 11.8. The molecule has 2 N–H and O–H groups in total. The van der Waals surface area contributed by atoms with Crippen molar-refractivity contribution in [1.29, 1.82) is 0 Å². The third-order valence-electron chi connectivity index (χ3n) is 3.40. The summed E-state index contributed by atoms with van der Waals surface area (Å²) in [6.07, 6.45) is 4.24. The first-order valence-electron chi connectivity index (χ1n) is 6.27. The van der Waals surface area contributed by atoms with E-state index < -0.39 is 0 Å². The zero-order valence-corrected chi connectivity index (χ0v) is 10.6. The van der Waals surface area contributed by atoms with Gasteiger partial charge in [-0.05, 0) is 38.3 Å². The van der Waals surface area contributed by atoms with Gasteiger partial charge in [0.25, 0.3) is 0 Å². The van der Waals surface area contributed by atoms with Crippen LogP contribution in [0, 0.1) is 5.92 Å². The Balaban J connectivity index is 1.52. The third-order valence-corrected chi connectivity index (χ3v) is 4.18. The minimum atomic E-state index is 0.107. The molecule has 4 nitrogen and oxygen atoms in total. The second kappa shape index (κ2) is 4.74. The Morgan fingerprint density at radius 1 is 1.53 bits per heavy atom. The number of nitrogens with zero attached hydrogens (tertiary/aromatic N) is 1. The monoisotopic (exact) mass is 251 g/mol. The number of nitrogens with one attached hydrogen (secondary N) is 2. The maximum Gasteiger partial charge on any atom is 0.226 e. The molecule has 5 heteroatoms. The number of aromatic nitrogens is 1. The lowest BCUT2D eigenvalue weighted by Crippen LogP contribution is -2.18. The summed E-state index contributed by atoms with van der Waals surface area (Å²) in [5.41, 5.74) is 1.16. The van der Waals surface area contributed by atoms with Crippen LogP contribution in [0.3, 0.4) is 0 Å². The predicted molar refractivity (Wildman–Crippen MR) is 68.3 cm³/mol. The molecular formula is C12H17N3OS. The van der Waals surface area contributed by atoms with Crippen molar-refractivity contribution in [1.82, 2.24) is 10.3 Å². The minimum absolute atomic E-state index is 0.107. The molecule has 2 fully saturated rings. The van der Waals surface area contributed by atoms with Gasteiger partial charge in [0.15, 0.2) is 5.13 Å². The first-order chi connectivity index (χ1) is 8.31. The van der Waals surface area contributed by atoms with Crippen LogP contribution in [0.25, 0.3) is 0 Å². The maximum atomic E-state index is 11.8. The van der Waals surface area contributed by atoms with E-state index in [1.807, 2.05) is 0 Å². The van der Waals surface area contributed by atoms with Crippen LogP contribution in [-0.4, -0.2) is 24.0 Å². The second-order valence-electron chi connectivity index (χ2n) is 4.96. The molecule has 1 aromatic heterocycles. The highest BCUT2D eigenvalue weighted by Crippen LogP contribution is 2.40. The average molecular weight is 251 g/mol. The first-order valence-corrected chi connectivity index (χ1v) is 7.15. The quantitative estimate of drug-likeness (QED) is 0.860. The Bertz CT molecular complexity index is 408. The number of thiazole rings is 1. The molecule has 0 bridgehead atoms. The van der Waals surface area contributed by atoms with E-state index in [9.17, 15) is 4.79 Å². The van der Waals surface area contributed by atoms with Crippen LogP contribution < -0.4 is 10.6 Å². The molecule has 1 unspecified atom stereocenters. The minimum Gasteiger partial charge on any atom is -0.316 e. The summed E-state index contributed by atoms with van der Waals surface area (Å²) in [6.45, 7) is 2.01. The van der Waals surface area contributed by atoms with Gasteiger partial charge >= 0.3 is 0 Å². The summed E-state index contributed by atoms with van der Waals surface area (Å²) in [5.74, 6) is 1.27. The van der Waals surface area contributed by atoms with Crippen LogP contribution in [0.4, 0.5) is 5.13 Å². The lowest BCUT2D eigenvalue weighted by atomic mass is 10.1. The molecular weight excluding hydrogens is 234 g/mol. The number of carbonyl (C=O) groups excluding carboxylic acids is 1. The Morgan fingerprint density at radius 2 is 2.41 bits per heavy atom. The Labute approximate surface area is 105 Å². The Hall–Kier alpha value is -0.940. The summed E-state index contributed by atoms with van der Waals surface area (Å²) >= 11 is 1.55. The summed E-state index contributed by atoms with van der Waals surface area (Å²) in [6, 6.07) is 0. The molecule has 1 saturated carbocycles. The predicted octanol–water partition coefficient (Wildman–Crippen LogP) is 1.96. The number of hydrogen-bond acceptors (Lipinski definition) is 4. The molecule has 0 aromatic carbocycles. The highest BCUT2D eigenvalue weighted by Gasteiger charge is 2.26. The Kier molecular flexibility index (Phi) is 3.11. The third kappa shape index (κ3) is 2.84. The van der Waals surface area contributed by atoms with Crippen LogP contribution in [0.5, 0.6) is 0 Å². The normalized spacial score (nSPS) is 23.9. The van der Waals surface area contributed by atoms with Gasteiger partial charge in [-0.3, -0.25) is 4.79 Å². The van der Waals surface area contributed by atoms with Crippen LogP contribution in [0.15, 0.2) is 5.38 Å². The highest BCUT2D eigenvalue weighted by molar-refractivity contribution is 7.13. The molecule has 17 heavy (non-hydrogen) atoms. The van der Waals surface area contributed by atoms with Crippen LogP contribution in [0.2, 0.25) is 0 Å². The molecule has 0 radical (unpaired) electrons. The fourth-order valence-electron chi connectivity index (χ4n) is 2.23. The van der Waals surface area contributed by atoms with Gasteiger partial charge in [-0.2, -0.15) is 0 Å². The summed E-state index contributed by atoms with van der Waals surface area (Å²) in [7, 11) is 0. The molecule has 3 rings (SSSR count). The van der Waals surface area contributed by atoms with Crippen LogP contribution >= 0.6 is 11.3 Å².